The van der Waals surface area contributed by atoms with Gasteiger partial charge < -0.3 is 21.7 Å². The number of nitrogens with two attached hydrogens (primary N) is 2. The maximum absolute atomic E-state index is 12.0. The number of hydrogen-bond acceptors (Lipinski definition) is 3. The molecule has 0 saturated heterocycles. The highest BCUT2D eigenvalue weighted by molar-refractivity contribution is 5.92. The van der Waals surface area contributed by atoms with Gasteiger partial charge in [0.15, 0.2) is 0 Å². The van der Waals surface area contributed by atoms with Crippen molar-refractivity contribution in [1.29, 1.82) is 0 Å². The third-order valence-corrected chi connectivity index (χ3v) is 2.38. The van der Waals surface area contributed by atoms with Gasteiger partial charge in [0.2, 0.25) is 5.91 Å². The molecule has 0 bridgehead atoms. The van der Waals surface area contributed by atoms with Crippen LogP contribution in [0.15, 0.2) is 24.3 Å². The van der Waals surface area contributed by atoms with Gasteiger partial charge in [0.05, 0.1) is 0 Å². The Morgan fingerprint density at radius 3 is 2.32 bits per heavy atom. The number of nitrogens with zero attached hydrogens (tertiary/aromatic N) is 1. The van der Waals surface area contributed by atoms with Gasteiger partial charge in [-0.05, 0) is 30.2 Å². The van der Waals surface area contributed by atoms with Crippen LogP contribution in [0.3, 0.4) is 0 Å². The first-order valence-electron chi connectivity index (χ1n) is 6.08. The summed E-state index contributed by atoms with van der Waals surface area (Å²) in [6.07, 6.45) is 0. The van der Waals surface area contributed by atoms with E-state index in [9.17, 15) is 9.59 Å². The number of amides is 3. The van der Waals surface area contributed by atoms with Gasteiger partial charge in [-0.25, -0.2) is 4.79 Å². The molecule has 0 aliphatic rings. The average Bonchev–Trinajstić information content (AvgIpc) is 2.30. The van der Waals surface area contributed by atoms with Crippen LogP contribution in [0.2, 0.25) is 0 Å². The predicted octanol–water partition coefficient (Wildman–Crippen LogP) is 1.24. The molecular formula is C13H20N4O2. The second-order valence-corrected chi connectivity index (χ2v) is 4.79. The third kappa shape index (κ3) is 5.29. The Labute approximate surface area is 112 Å². The first kappa shape index (κ1) is 14.8. The highest BCUT2D eigenvalue weighted by Crippen LogP contribution is 2.11. The molecular weight excluding hydrogens is 244 g/mol. The minimum Gasteiger partial charge on any atom is -0.399 e. The molecule has 0 aliphatic heterocycles. The fraction of sp³-hybridized carbons (Fsp3) is 0.385. The molecule has 1 aromatic rings. The largest absolute Gasteiger partial charge is 0.399 e. The first-order chi connectivity index (χ1) is 8.88. The summed E-state index contributed by atoms with van der Waals surface area (Å²) in [7, 11) is 0. The van der Waals surface area contributed by atoms with Gasteiger partial charge in [0, 0.05) is 17.9 Å². The summed E-state index contributed by atoms with van der Waals surface area (Å²) in [6, 6.07) is 6.43. The number of rotatable bonds is 5. The van der Waals surface area contributed by atoms with Crippen LogP contribution in [0, 0.1) is 5.92 Å². The van der Waals surface area contributed by atoms with Gasteiger partial charge in [0.25, 0.3) is 0 Å². The average molecular weight is 264 g/mol. The van der Waals surface area contributed by atoms with E-state index in [1.54, 1.807) is 24.3 Å². The molecule has 19 heavy (non-hydrogen) atoms. The van der Waals surface area contributed by atoms with Crippen LogP contribution >= 0.6 is 0 Å². The maximum Gasteiger partial charge on any atom is 0.322 e. The highest BCUT2D eigenvalue weighted by Gasteiger charge is 2.16. The summed E-state index contributed by atoms with van der Waals surface area (Å²) >= 11 is 0. The van der Waals surface area contributed by atoms with Crippen molar-refractivity contribution in [3.63, 3.8) is 0 Å². The summed E-state index contributed by atoms with van der Waals surface area (Å²) in [6.45, 7) is 4.29. The van der Waals surface area contributed by atoms with Crippen molar-refractivity contribution < 1.29 is 9.59 Å². The molecule has 6 nitrogen and oxygen atoms in total. The molecule has 0 saturated carbocycles. The summed E-state index contributed by atoms with van der Waals surface area (Å²) < 4.78 is 0. The molecule has 0 heterocycles. The summed E-state index contributed by atoms with van der Waals surface area (Å²) in [5.74, 6) is -0.287. The minimum absolute atomic E-state index is 0.0982. The standard InChI is InChI=1S/C13H20N4O2/c1-9(2)7-17(8-12(15)18)13(19)16-11-5-3-10(14)4-6-11/h3-6,9H,7-8,14H2,1-2H3,(H2,15,18)(H,16,19). The van der Waals surface area contributed by atoms with E-state index in [-0.39, 0.29) is 18.5 Å². The molecule has 104 valence electrons. The number of nitrogen functional groups attached to an aromatic ring is 1. The van der Waals surface area contributed by atoms with Gasteiger partial charge >= 0.3 is 6.03 Å². The fourth-order valence-corrected chi connectivity index (χ4v) is 1.62. The number of carbonyl (C=O) groups is 2. The quantitative estimate of drug-likeness (QED) is 0.697. The maximum atomic E-state index is 12.0. The van der Waals surface area contributed by atoms with E-state index in [2.05, 4.69) is 5.32 Å². The number of primary amides is 1. The van der Waals surface area contributed by atoms with Crippen LogP contribution in [-0.2, 0) is 4.79 Å². The van der Waals surface area contributed by atoms with Gasteiger partial charge in [-0.2, -0.15) is 0 Å². The lowest BCUT2D eigenvalue weighted by Gasteiger charge is -2.23. The molecule has 0 unspecified atom stereocenters. The van der Waals surface area contributed by atoms with Gasteiger partial charge in [-0.1, -0.05) is 13.8 Å². The van der Waals surface area contributed by atoms with Crippen molar-refractivity contribution in [2.75, 3.05) is 24.1 Å². The van der Waals surface area contributed by atoms with Crippen molar-refractivity contribution in [3.05, 3.63) is 24.3 Å². The molecule has 0 fully saturated rings. The smallest absolute Gasteiger partial charge is 0.322 e. The van der Waals surface area contributed by atoms with Crippen molar-refractivity contribution in [2.24, 2.45) is 11.7 Å². The van der Waals surface area contributed by atoms with Crippen LogP contribution in [0.25, 0.3) is 0 Å². The van der Waals surface area contributed by atoms with E-state index in [4.69, 9.17) is 11.5 Å². The topological polar surface area (TPSA) is 101 Å². The number of nitrogens with one attached hydrogen (secondary N) is 1. The Bertz CT molecular complexity index is 442. The van der Waals surface area contributed by atoms with Gasteiger partial charge in [-0.3, -0.25) is 4.79 Å². The minimum atomic E-state index is -0.534. The Hall–Kier alpha value is -2.24. The second-order valence-electron chi connectivity index (χ2n) is 4.79. The molecule has 0 spiro atoms. The SMILES string of the molecule is CC(C)CN(CC(N)=O)C(=O)Nc1ccc(N)cc1. The Morgan fingerprint density at radius 1 is 1.26 bits per heavy atom. The molecule has 0 atom stereocenters. The highest BCUT2D eigenvalue weighted by atomic mass is 16.2. The third-order valence-electron chi connectivity index (χ3n) is 2.38. The lowest BCUT2D eigenvalue weighted by atomic mass is 10.2. The number of urea groups is 1. The molecule has 0 aromatic heterocycles. The summed E-state index contributed by atoms with van der Waals surface area (Å²) in [4.78, 5) is 24.4. The Kier molecular flexibility index (Phi) is 5.17. The van der Waals surface area contributed by atoms with Crippen molar-refractivity contribution in [1.82, 2.24) is 4.90 Å². The number of hydrogen-bond donors (Lipinski definition) is 3. The lowest BCUT2D eigenvalue weighted by Crippen LogP contribution is -2.42. The predicted molar refractivity (Wildman–Crippen MR) is 75.5 cm³/mol. The van der Waals surface area contributed by atoms with Gasteiger partial charge in [-0.15, -0.1) is 0 Å². The van der Waals surface area contributed by atoms with E-state index < -0.39 is 5.91 Å². The molecule has 0 aliphatic carbocycles. The molecule has 0 radical (unpaired) electrons. The van der Waals surface area contributed by atoms with Crippen LogP contribution in [0.5, 0.6) is 0 Å². The van der Waals surface area contributed by atoms with E-state index in [0.717, 1.165) is 0 Å². The number of benzene rings is 1. The van der Waals surface area contributed by atoms with E-state index in [1.165, 1.54) is 4.90 Å². The molecule has 1 rings (SSSR count). The zero-order valence-corrected chi connectivity index (χ0v) is 11.2. The summed E-state index contributed by atoms with van der Waals surface area (Å²) in [5, 5.41) is 2.70. The normalized spacial score (nSPS) is 10.3. The zero-order chi connectivity index (χ0) is 14.4. The van der Waals surface area contributed by atoms with E-state index in [0.29, 0.717) is 17.9 Å². The number of anilines is 2. The second kappa shape index (κ2) is 6.63. The molecule has 3 amide bonds. The Balaban J connectivity index is 2.70. The molecule has 6 heteroatoms. The van der Waals surface area contributed by atoms with Crippen LogP contribution < -0.4 is 16.8 Å². The van der Waals surface area contributed by atoms with Crippen LogP contribution in [0.1, 0.15) is 13.8 Å². The lowest BCUT2D eigenvalue weighted by molar-refractivity contribution is -0.118. The number of carbonyl (C=O) groups excluding carboxylic acids is 2. The fourth-order valence-electron chi connectivity index (χ4n) is 1.62. The van der Waals surface area contributed by atoms with Crippen LogP contribution in [-0.4, -0.2) is 29.9 Å². The van der Waals surface area contributed by atoms with E-state index in [1.807, 2.05) is 13.8 Å². The zero-order valence-electron chi connectivity index (χ0n) is 11.2. The van der Waals surface area contributed by atoms with Crippen molar-refractivity contribution in [2.45, 2.75) is 13.8 Å². The van der Waals surface area contributed by atoms with Crippen molar-refractivity contribution >= 4 is 23.3 Å². The van der Waals surface area contributed by atoms with Gasteiger partial charge in [0.1, 0.15) is 6.54 Å². The van der Waals surface area contributed by atoms with Crippen molar-refractivity contribution in [3.8, 4) is 0 Å². The molecule has 5 N–H and O–H groups in total. The van der Waals surface area contributed by atoms with E-state index >= 15 is 0 Å². The summed E-state index contributed by atoms with van der Waals surface area (Å²) in [5.41, 5.74) is 11.9. The van der Waals surface area contributed by atoms with Crippen LogP contribution in [0.4, 0.5) is 16.2 Å². The molecule has 1 aromatic carbocycles. The first-order valence-corrected chi connectivity index (χ1v) is 6.08. The Morgan fingerprint density at radius 2 is 1.84 bits per heavy atom. The monoisotopic (exact) mass is 264 g/mol.